The second-order valence-corrected chi connectivity index (χ2v) is 6.86. The summed E-state index contributed by atoms with van der Waals surface area (Å²) in [4.78, 5) is 33.4. The largest absolute Gasteiger partial charge is 0.351 e. The van der Waals surface area contributed by atoms with Crippen LogP contribution in [0.15, 0.2) is 23.3 Å². The molecule has 0 saturated heterocycles. The van der Waals surface area contributed by atoms with E-state index in [9.17, 15) is 9.59 Å². The molecule has 0 fully saturated rings. The number of nitrogens with zero attached hydrogens (tertiary/aromatic N) is 3. The van der Waals surface area contributed by atoms with E-state index < -0.39 is 6.03 Å². The molecule has 2 amide bonds. The van der Waals surface area contributed by atoms with Gasteiger partial charge >= 0.3 is 6.03 Å². The summed E-state index contributed by atoms with van der Waals surface area (Å²) in [5.41, 5.74) is 5.87. The molecule has 7 nitrogen and oxygen atoms in total. The fourth-order valence-corrected chi connectivity index (χ4v) is 3.07. The molecule has 0 spiro atoms. The highest BCUT2D eigenvalue weighted by atomic mass is 16.2. The maximum absolute atomic E-state index is 11.9. The lowest BCUT2D eigenvalue weighted by atomic mass is 10.1. The van der Waals surface area contributed by atoms with Gasteiger partial charge in [-0.25, -0.2) is 9.78 Å². The molecule has 2 heterocycles. The fraction of sp³-hybridized carbons (Fsp3) is 0.632. The number of amides is 2. The molecule has 1 aromatic heterocycles. The van der Waals surface area contributed by atoms with Crippen LogP contribution in [0, 0.1) is 0 Å². The zero-order chi connectivity index (χ0) is 18.8. The summed E-state index contributed by atoms with van der Waals surface area (Å²) in [5, 5.41) is 0. The Morgan fingerprint density at radius 2 is 1.77 bits per heavy atom. The van der Waals surface area contributed by atoms with Crippen LogP contribution in [0.2, 0.25) is 0 Å². The number of rotatable bonds is 11. The van der Waals surface area contributed by atoms with Crippen LogP contribution < -0.4 is 16.2 Å². The first-order chi connectivity index (χ1) is 12.6. The van der Waals surface area contributed by atoms with Crippen molar-refractivity contribution >= 4 is 12.0 Å². The summed E-state index contributed by atoms with van der Waals surface area (Å²) in [6.07, 6.45) is 15.5. The molecule has 1 aliphatic rings. The molecule has 0 radical (unpaired) electrons. The van der Waals surface area contributed by atoms with E-state index in [0.29, 0.717) is 5.95 Å². The molecule has 26 heavy (non-hydrogen) atoms. The number of aromatic nitrogens is 2. The van der Waals surface area contributed by atoms with E-state index in [1.165, 1.54) is 49.8 Å². The molecular weight excluding hydrogens is 330 g/mol. The standard InChI is InChI=1S/C19H31N5O2/c1-2-3-4-5-6-7-8-9-10-11-16-14-17(25)22-19(21-16)24-13-12-23(15-24)18(20)26/h12-14H,2-11,15H2,1H3,(H2,20,26)(H,21,22,25). The second kappa shape index (κ2) is 10.6. The molecule has 144 valence electrons. The molecule has 0 unspecified atom stereocenters. The number of unbranched alkanes of at least 4 members (excludes halogenated alkanes) is 8. The first-order valence-electron chi connectivity index (χ1n) is 9.71. The number of hydrogen-bond acceptors (Lipinski definition) is 4. The van der Waals surface area contributed by atoms with E-state index in [0.717, 1.165) is 25.0 Å². The number of nitrogens with one attached hydrogen (secondary N) is 1. The second-order valence-electron chi connectivity index (χ2n) is 6.86. The van der Waals surface area contributed by atoms with Gasteiger partial charge in [-0.2, -0.15) is 0 Å². The molecule has 1 aromatic rings. The van der Waals surface area contributed by atoms with Crippen molar-refractivity contribution in [2.24, 2.45) is 5.73 Å². The number of nitrogens with two attached hydrogens (primary N) is 1. The van der Waals surface area contributed by atoms with Crippen molar-refractivity contribution in [1.29, 1.82) is 0 Å². The molecule has 0 bridgehead atoms. The zero-order valence-electron chi connectivity index (χ0n) is 15.7. The Labute approximate surface area is 155 Å². The van der Waals surface area contributed by atoms with Gasteiger partial charge in [0, 0.05) is 24.2 Å². The summed E-state index contributed by atoms with van der Waals surface area (Å²) < 4.78 is 0. The lowest BCUT2D eigenvalue weighted by Gasteiger charge is -2.17. The van der Waals surface area contributed by atoms with Crippen LogP contribution in [-0.4, -0.2) is 27.6 Å². The van der Waals surface area contributed by atoms with Crippen LogP contribution in [0.4, 0.5) is 10.7 Å². The van der Waals surface area contributed by atoms with Crippen molar-refractivity contribution in [2.45, 2.75) is 71.1 Å². The van der Waals surface area contributed by atoms with Gasteiger partial charge in [-0.05, 0) is 12.8 Å². The van der Waals surface area contributed by atoms with Gasteiger partial charge in [0.15, 0.2) is 0 Å². The van der Waals surface area contributed by atoms with Crippen molar-refractivity contribution < 1.29 is 4.79 Å². The van der Waals surface area contributed by atoms with Crippen molar-refractivity contribution in [3.8, 4) is 0 Å². The minimum atomic E-state index is -0.531. The molecule has 0 aliphatic carbocycles. The quantitative estimate of drug-likeness (QED) is 0.590. The average Bonchev–Trinajstić information content (AvgIpc) is 3.10. The van der Waals surface area contributed by atoms with Crippen molar-refractivity contribution in [3.05, 3.63) is 34.5 Å². The van der Waals surface area contributed by atoms with E-state index in [1.54, 1.807) is 23.4 Å². The summed E-state index contributed by atoms with van der Waals surface area (Å²) in [6.45, 7) is 2.50. The minimum Gasteiger partial charge on any atom is -0.351 e. The minimum absolute atomic E-state index is 0.174. The summed E-state index contributed by atoms with van der Waals surface area (Å²) in [6, 6.07) is 1.02. The predicted molar refractivity (Wildman–Crippen MR) is 104 cm³/mol. The topological polar surface area (TPSA) is 95.3 Å². The van der Waals surface area contributed by atoms with Gasteiger partial charge < -0.3 is 5.73 Å². The fourth-order valence-electron chi connectivity index (χ4n) is 3.07. The van der Waals surface area contributed by atoms with E-state index in [4.69, 9.17) is 5.73 Å². The Balaban J connectivity index is 1.73. The molecule has 0 aromatic carbocycles. The van der Waals surface area contributed by atoms with Gasteiger partial charge in [-0.1, -0.05) is 58.3 Å². The van der Waals surface area contributed by atoms with E-state index >= 15 is 0 Å². The first kappa shape index (κ1) is 20.0. The molecule has 1 aliphatic heterocycles. The number of carbonyl (C=O) groups is 1. The third-order valence-electron chi connectivity index (χ3n) is 4.61. The Morgan fingerprint density at radius 1 is 1.12 bits per heavy atom. The van der Waals surface area contributed by atoms with Crippen LogP contribution in [-0.2, 0) is 6.42 Å². The number of anilines is 1. The van der Waals surface area contributed by atoms with Gasteiger partial charge in [0.05, 0.1) is 0 Å². The highest BCUT2D eigenvalue weighted by Gasteiger charge is 2.19. The summed E-state index contributed by atoms with van der Waals surface area (Å²) >= 11 is 0. The molecule has 0 saturated carbocycles. The molecule has 0 atom stereocenters. The first-order valence-corrected chi connectivity index (χ1v) is 9.71. The number of aryl methyl sites for hydroxylation is 1. The normalized spacial score (nSPS) is 13.6. The predicted octanol–water partition coefficient (Wildman–Crippen LogP) is 3.47. The third kappa shape index (κ3) is 6.54. The zero-order valence-corrected chi connectivity index (χ0v) is 15.7. The van der Waals surface area contributed by atoms with Gasteiger partial charge in [-0.15, -0.1) is 0 Å². The number of H-pyrrole nitrogens is 1. The van der Waals surface area contributed by atoms with E-state index in [-0.39, 0.29) is 12.2 Å². The molecular formula is C19H31N5O2. The number of urea groups is 1. The third-order valence-corrected chi connectivity index (χ3v) is 4.61. The lowest BCUT2D eigenvalue weighted by Crippen LogP contribution is -2.35. The Hall–Kier alpha value is -2.31. The molecule has 2 rings (SSSR count). The Bertz CT molecular complexity index is 656. The van der Waals surface area contributed by atoms with Gasteiger partial charge in [0.25, 0.3) is 5.56 Å². The van der Waals surface area contributed by atoms with E-state index in [2.05, 4.69) is 16.9 Å². The maximum atomic E-state index is 11.9. The number of aromatic amines is 1. The Kier molecular flexibility index (Phi) is 8.18. The van der Waals surface area contributed by atoms with Crippen LogP contribution in [0.25, 0.3) is 0 Å². The van der Waals surface area contributed by atoms with Gasteiger partial charge in [0.1, 0.15) is 6.67 Å². The summed E-state index contributed by atoms with van der Waals surface area (Å²) in [5.74, 6) is 0.448. The maximum Gasteiger partial charge on any atom is 0.320 e. The SMILES string of the molecule is CCCCCCCCCCCc1cc(=O)[nH]c(N2C=CN(C(N)=O)C2)n1. The average molecular weight is 361 g/mol. The van der Waals surface area contributed by atoms with Crippen LogP contribution >= 0.6 is 0 Å². The van der Waals surface area contributed by atoms with Crippen molar-refractivity contribution in [3.63, 3.8) is 0 Å². The highest BCUT2D eigenvalue weighted by Crippen LogP contribution is 2.15. The van der Waals surface area contributed by atoms with Crippen molar-refractivity contribution in [1.82, 2.24) is 14.9 Å². The number of carbonyl (C=O) groups excluding carboxylic acids is 1. The monoisotopic (exact) mass is 361 g/mol. The van der Waals surface area contributed by atoms with Gasteiger partial charge in [-0.3, -0.25) is 19.6 Å². The number of hydrogen-bond donors (Lipinski definition) is 2. The lowest BCUT2D eigenvalue weighted by molar-refractivity contribution is 0.227. The van der Waals surface area contributed by atoms with Crippen LogP contribution in [0.1, 0.15) is 70.4 Å². The smallest absolute Gasteiger partial charge is 0.320 e. The molecule has 7 heteroatoms. The summed E-state index contributed by atoms with van der Waals surface area (Å²) in [7, 11) is 0. The molecule has 3 N–H and O–H groups in total. The number of primary amides is 1. The van der Waals surface area contributed by atoms with E-state index in [1.807, 2.05) is 0 Å². The van der Waals surface area contributed by atoms with Crippen LogP contribution in [0.5, 0.6) is 0 Å². The van der Waals surface area contributed by atoms with Crippen molar-refractivity contribution in [2.75, 3.05) is 11.6 Å². The van der Waals surface area contributed by atoms with Gasteiger partial charge in [0.2, 0.25) is 5.95 Å². The Morgan fingerprint density at radius 3 is 2.38 bits per heavy atom. The highest BCUT2D eigenvalue weighted by molar-refractivity contribution is 5.74. The van der Waals surface area contributed by atoms with Crippen LogP contribution in [0.3, 0.4) is 0 Å².